The Hall–Kier alpha value is -9.58. The van der Waals surface area contributed by atoms with Crippen molar-refractivity contribution in [3.05, 3.63) is 273 Å². The number of hydrogen-bond acceptors (Lipinski definition) is 2. The van der Waals surface area contributed by atoms with Gasteiger partial charge in [-0.1, -0.05) is 194 Å². The summed E-state index contributed by atoms with van der Waals surface area (Å²) in [6.45, 7) is 0. The van der Waals surface area contributed by atoms with Crippen LogP contribution in [0.1, 0.15) is 13.7 Å². The Morgan fingerprint density at radius 3 is 1.72 bits per heavy atom. The zero-order valence-corrected chi connectivity index (χ0v) is 37.8. The largest absolute Gasteiger partial charge is 0.457 e. The van der Waals surface area contributed by atoms with Crippen molar-refractivity contribution in [2.45, 2.75) is 0 Å². The molecule has 0 aliphatic heterocycles. The van der Waals surface area contributed by atoms with Crippen LogP contribution in [0.2, 0.25) is 0 Å². The summed E-state index contributed by atoms with van der Waals surface area (Å²) in [6.07, 6.45) is 5.31. The molecule has 0 N–H and O–H groups in total. The normalized spacial score (nSPS) is 13.4. The molecule has 0 radical (unpaired) electrons. The van der Waals surface area contributed by atoms with Crippen LogP contribution in [-0.4, -0.2) is 14.1 Å². The molecule has 10 aromatic carbocycles. The number of nitrogens with zero attached hydrogens (tertiary/aromatic N) is 4. The minimum absolute atomic E-state index is 0.144. The highest BCUT2D eigenvalue weighted by atomic mass is 16.5. The molecule has 0 unspecified atom stereocenters. The summed E-state index contributed by atoms with van der Waals surface area (Å²) in [7, 11) is 0. The van der Waals surface area contributed by atoms with E-state index in [-0.39, 0.29) is 27.9 Å². The van der Waals surface area contributed by atoms with Gasteiger partial charge in [-0.05, 0) is 111 Å². The number of hydrogen-bond donors (Lipinski definition) is 0. The van der Waals surface area contributed by atoms with Gasteiger partial charge in [-0.2, -0.15) is 0 Å². The van der Waals surface area contributed by atoms with Gasteiger partial charge in [0, 0.05) is 28.6 Å². The van der Waals surface area contributed by atoms with Gasteiger partial charge in [0.05, 0.1) is 47.1 Å². The fourth-order valence-electron chi connectivity index (χ4n) is 9.60. The number of aromatic nitrogens is 4. The quantitative estimate of drug-likeness (QED) is 0.101. The molecule has 3 aromatic heterocycles. The summed E-state index contributed by atoms with van der Waals surface area (Å²) in [5.74, 6) is 1.80. The molecule has 13 rings (SSSR count). The van der Waals surface area contributed by atoms with Gasteiger partial charge in [0.25, 0.3) is 6.33 Å². The van der Waals surface area contributed by atoms with Crippen LogP contribution < -0.4 is 9.30 Å². The minimum Gasteiger partial charge on any atom is -0.457 e. The third-order valence-electron chi connectivity index (χ3n) is 12.8. The minimum atomic E-state index is -0.576. The molecule has 334 valence electrons. The van der Waals surface area contributed by atoms with Gasteiger partial charge in [0.1, 0.15) is 17.3 Å². The molecule has 13 aromatic rings. The number of ether oxygens (including phenoxy) is 1. The van der Waals surface area contributed by atoms with Gasteiger partial charge in [-0.3, -0.25) is 13.7 Å². The summed E-state index contributed by atoms with van der Waals surface area (Å²) in [5.41, 5.74) is 9.53. The highest BCUT2D eigenvalue weighted by Crippen LogP contribution is 2.42. The Balaban J connectivity index is 1.07. The Labute approximate surface area is 426 Å². The zero-order valence-electron chi connectivity index (χ0n) is 47.8. The number of benzene rings is 10. The smallest absolute Gasteiger partial charge is 0.269 e. The van der Waals surface area contributed by atoms with Gasteiger partial charge in [0.15, 0.2) is 0 Å². The summed E-state index contributed by atoms with van der Waals surface area (Å²) in [5, 5.41) is 2.08. The maximum absolute atomic E-state index is 9.18. The van der Waals surface area contributed by atoms with Crippen molar-refractivity contribution in [1.82, 2.24) is 14.1 Å². The molecule has 5 nitrogen and oxygen atoms in total. The zero-order chi connectivity index (χ0) is 55.8. The van der Waals surface area contributed by atoms with Crippen molar-refractivity contribution < 1.29 is 23.0 Å². The van der Waals surface area contributed by atoms with Crippen LogP contribution in [0.4, 0.5) is 0 Å². The van der Waals surface area contributed by atoms with Crippen molar-refractivity contribution in [3.8, 4) is 84.3 Å². The van der Waals surface area contributed by atoms with E-state index in [0.717, 1.165) is 61.0 Å². The highest BCUT2D eigenvalue weighted by molar-refractivity contribution is 6.09. The van der Waals surface area contributed by atoms with E-state index in [2.05, 4.69) is 71.6 Å². The van der Waals surface area contributed by atoms with Crippen LogP contribution in [-0.2, 0) is 0 Å². The van der Waals surface area contributed by atoms with Crippen molar-refractivity contribution in [2.24, 2.45) is 0 Å². The summed E-state index contributed by atoms with van der Waals surface area (Å²) >= 11 is 0. The Morgan fingerprint density at radius 2 is 1.04 bits per heavy atom. The standard InChI is InChI=1S/C66H44N4O/c1-5-20-46(21-6-1)50-40-51(47-22-7-2-8-23-47)42-52(41-50)55-37-35-53(43-64(55)71-54-36-38-59-58-28-13-14-31-60(58)70(63(59)44-54)65-34-17-18-39-67-65)68-45-69(62-33-16-15-32-61(62)68)66-56(48-24-9-3-10-25-48)29-19-30-57(66)49-26-11-4-12-27-49/h1-44H/i3D,4D,9D,10D,11D,12D,24D,25D,26D,27D. The first kappa shape index (κ1) is 32.2. The highest BCUT2D eigenvalue weighted by Gasteiger charge is 2.22. The van der Waals surface area contributed by atoms with Gasteiger partial charge < -0.3 is 4.74 Å². The second-order valence-corrected chi connectivity index (χ2v) is 17.0. The van der Waals surface area contributed by atoms with Crippen LogP contribution in [0, 0.1) is 6.33 Å². The number of imidazole rings is 1. The average molecular weight is 919 g/mol. The third-order valence-corrected chi connectivity index (χ3v) is 12.8. The second-order valence-electron chi connectivity index (χ2n) is 17.0. The molecule has 0 atom stereocenters. The number of pyridine rings is 1. The van der Waals surface area contributed by atoms with Crippen LogP contribution in [0.15, 0.2) is 267 Å². The lowest BCUT2D eigenvalue weighted by atomic mass is 9.93. The molecular weight excluding hydrogens is 865 g/mol. The molecule has 0 saturated carbocycles. The lowest BCUT2D eigenvalue weighted by Crippen LogP contribution is -2.31. The first-order valence-corrected chi connectivity index (χ1v) is 23.1. The number of para-hydroxylation sites is 4. The van der Waals surface area contributed by atoms with Crippen molar-refractivity contribution in [2.75, 3.05) is 0 Å². The van der Waals surface area contributed by atoms with E-state index in [1.807, 2.05) is 126 Å². The van der Waals surface area contributed by atoms with E-state index >= 15 is 0 Å². The topological polar surface area (TPSA) is 35.9 Å². The average Bonchev–Trinajstić information content (AvgIpc) is 4.24. The predicted octanol–water partition coefficient (Wildman–Crippen LogP) is 16.3. The first-order chi connectivity index (χ1) is 39.4. The first-order valence-electron chi connectivity index (χ1n) is 28.1. The molecule has 5 heteroatoms. The maximum Gasteiger partial charge on any atom is 0.269 e. The fourth-order valence-corrected chi connectivity index (χ4v) is 9.60. The van der Waals surface area contributed by atoms with Crippen LogP contribution in [0.5, 0.6) is 11.5 Å². The lowest BCUT2D eigenvalue weighted by molar-refractivity contribution is -0.571. The van der Waals surface area contributed by atoms with E-state index in [0.29, 0.717) is 28.2 Å². The monoisotopic (exact) mass is 918 g/mol. The second kappa shape index (κ2) is 17.8. The number of rotatable bonds is 10. The van der Waals surface area contributed by atoms with Gasteiger partial charge in [-0.25, -0.2) is 4.98 Å². The molecule has 0 amide bonds. The summed E-state index contributed by atoms with van der Waals surface area (Å²) in [6, 6.07) is 59.9. The molecule has 0 fully saturated rings. The predicted molar refractivity (Wildman–Crippen MR) is 289 cm³/mol. The van der Waals surface area contributed by atoms with Gasteiger partial charge >= 0.3 is 0 Å². The van der Waals surface area contributed by atoms with Gasteiger partial charge in [0.2, 0.25) is 0 Å². The maximum atomic E-state index is 9.18. The molecule has 71 heavy (non-hydrogen) atoms. The molecule has 3 heterocycles. The Morgan fingerprint density at radius 1 is 0.437 bits per heavy atom. The van der Waals surface area contributed by atoms with Gasteiger partial charge in [-0.15, -0.1) is 0 Å². The Kier molecular flexibility index (Phi) is 8.09. The summed E-state index contributed by atoms with van der Waals surface area (Å²) in [4.78, 5) is 4.76. The molecule has 0 aliphatic rings. The van der Waals surface area contributed by atoms with E-state index in [1.54, 1.807) is 29.0 Å². The van der Waals surface area contributed by atoms with E-state index in [9.17, 15) is 5.48 Å². The molecule has 0 aliphatic carbocycles. The molecule has 0 saturated heterocycles. The van der Waals surface area contributed by atoms with Crippen molar-refractivity contribution >= 4 is 32.8 Å². The molecule has 0 spiro atoms. The van der Waals surface area contributed by atoms with Crippen LogP contribution in [0.25, 0.3) is 106 Å². The van der Waals surface area contributed by atoms with E-state index < -0.39 is 60.4 Å². The third kappa shape index (κ3) is 7.63. The number of fused-ring (bicyclic) bond motifs is 4. The van der Waals surface area contributed by atoms with Crippen LogP contribution >= 0.6 is 0 Å². The Bertz CT molecular complexity index is 4480. The molecule has 0 bridgehead atoms. The van der Waals surface area contributed by atoms with Crippen molar-refractivity contribution in [1.29, 1.82) is 0 Å². The van der Waals surface area contributed by atoms with E-state index in [4.69, 9.17) is 17.9 Å². The molecular formula is C66H44N4O. The fraction of sp³-hybridized carbons (Fsp3) is 0. The SMILES string of the molecule is [2H]c1c([2H])c([2H])c(-c2cccc(-c3c([2H])c([2H])c([2H])c([2H])c3[2H])c2-[n+]2[c-]n(-c3ccc(-c4cc(-c5ccccc5)cc(-c5ccccc5)c4)c(Oc4ccc5c6ccccc6n(-c6ccccn6)c5c4)c3)c3ccccc32)c([2H])c1[2H]. The summed E-state index contributed by atoms with van der Waals surface area (Å²) < 4.78 is 101. The van der Waals surface area contributed by atoms with Crippen molar-refractivity contribution in [3.63, 3.8) is 0 Å². The van der Waals surface area contributed by atoms with Crippen LogP contribution in [0.3, 0.4) is 0 Å². The van der Waals surface area contributed by atoms with E-state index in [1.165, 1.54) is 0 Å². The lowest BCUT2D eigenvalue weighted by Gasteiger charge is -2.17.